The number of hydrogen-bond acceptors (Lipinski definition) is 3. The van der Waals surface area contributed by atoms with E-state index in [1.54, 1.807) is 7.11 Å². The van der Waals surface area contributed by atoms with Crippen LogP contribution in [0.1, 0.15) is 36.4 Å². The van der Waals surface area contributed by atoms with Crippen molar-refractivity contribution in [3.63, 3.8) is 0 Å². The van der Waals surface area contributed by atoms with E-state index >= 15 is 0 Å². The molecule has 0 spiro atoms. The van der Waals surface area contributed by atoms with Gasteiger partial charge >= 0.3 is 0 Å². The van der Waals surface area contributed by atoms with Crippen LogP contribution in [0.4, 0.5) is 5.69 Å². The maximum Gasteiger partial charge on any atom is 0.247 e. The number of rotatable bonds is 10. The molecule has 0 fully saturated rings. The van der Waals surface area contributed by atoms with Crippen LogP contribution in [-0.4, -0.2) is 35.2 Å². The largest absolute Gasteiger partial charge is 0.383 e. The summed E-state index contributed by atoms with van der Waals surface area (Å²) in [5.74, 6) is 0.978. The molecule has 0 aliphatic carbocycles. The molecule has 5 heteroatoms. The fraction of sp³-hybridized carbons (Fsp3) is 0.333. The van der Waals surface area contributed by atoms with Crippen molar-refractivity contribution >= 4 is 22.6 Å². The van der Waals surface area contributed by atoms with Crippen LogP contribution in [0.2, 0.25) is 0 Å². The van der Waals surface area contributed by atoms with Crippen LogP contribution in [0.25, 0.3) is 11.0 Å². The molecular formula is C30H35N3O2. The number of para-hydroxylation sites is 3. The molecule has 0 saturated carbocycles. The Morgan fingerprint density at radius 3 is 2.49 bits per heavy atom. The van der Waals surface area contributed by atoms with E-state index in [0.29, 0.717) is 6.61 Å². The molecule has 0 bridgehead atoms. The number of anilines is 1. The number of aryl methyl sites for hydroxylation is 4. The van der Waals surface area contributed by atoms with E-state index in [4.69, 9.17) is 9.72 Å². The molecule has 1 heterocycles. The van der Waals surface area contributed by atoms with Crippen LogP contribution in [0.3, 0.4) is 0 Å². The molecule has 3 aromatic carbocycles. The predicted octanol–water partition coefficient (Wildman–Crippen LogP) is 5.76. The summed E-state index contributed by atoms with van der Waals surface area (Å²) in [7, 11) is 1.68. The van der Waals surface area contributed by atoms with Crippen molar-refractivity contribution in [2.45, 2.75) is 52.6 Å². The second-order valence-electron chi connectivity index (χ2n) is 9.09. The molecule has 1 aromatic heterocycles. The van der Waals surface area contributed by atoms with Gasteiger partial charge in [0.05, 0.1) is 29.4 Å². The Balaban J connectivity index is 1.71. The van der Waals surface area contributed by atoms with Gasteiger partial charge in [-0.25, -0.2) is 4.98 Å². The number of amides is 1. The number of methoxy groups -OCH3 is 1. The summed E-state index contributed by atoms with van der Waals surface area (Å²) in [5, 5.41) is 0. The molecular weight excluding hydrogens is 434 g/mol. The minimum absolute atomic E-state index is 0.0441. The third kappa shape index (κ3) is 5.46. The molecule has 0 aliphatic rings. The highest BCUT2D eigenvalue weighted by atomic mass is 16.5. The second kappa shape index (κ2) is 11.3. The van der Waals surface area contributed by atoms with Gasteiger partial charge in [0.2, 0.25) is 5.91 Å². The lowest BCUT2D eigenvalue weighted by Crippen LogP contribution is -2.44. The molecule has 35 heavy (non-hydrogen) atoms. The van der Waals surface area contributed by atoms with Gasteiger partial charge < -0.3 is 14.2 Å². The normalized spacial score (nSPS) is 12.1. The highest BCUT2D eigenvalue weighted by Gasteiger charge is 2.27. The number of aromatic nitrogens is 2. The Hall–Kier alpha value is -3.44. The van der Waals surface area contributed by atoms with E-state index < -0.39 is 0 Å². The fourth-order valence-electron chi connectivity index (χ4n) is 4.86. The summed E-state index contributed by atoms with van der Waals surface area (Å²) in [4.78, 5) is 20.9. The Kier molecular flexibility index (Phi) is 7.98. The zero-order valence-electron chi connectivity index (χ0n) is 21.2. The van der Waals surface area contributed by atoms with Crippen LogP contribution < -0.4 is 4.90 Å². The molecule has 4 rings (SSSR count). The monoisotopic (exact) mass is 469 g/mol. The van der Waals surface area contributed by atoms with Crippen LogP contribution >= 0.6 is 0 Å². The molecule has 1 atom stereocenters. The lowest BCUT2D eigenvalue weighted by molar-refractivity contribution is -0.119. The Bertz CT molecular complexity index is 1280. The number of carbonyl (C=O) groups excluding carboxylic acids is 1. The molecule has 0 saturated heterocycles. The van der Waals surface area contributed by atoms with Gasteiger partial charge in [-0.2, -0.15) is 0 Å². The van der Waals surface area contributed by atoms with Gasteiger partial charge in [0.15, 0.2) is 0 Å². The van der Waals surface area contributed by atoms with E-state index in [-0.39, 0.29) is 18.5 Å². The number of imidazole rings is 1. The zero-order chi connectivity index (χ0) is 24.8. The first-order valence-corrected chi connectivity index (χ1v) is 12.4. The van der Waals surface area contributed by atoms with E-state index in [0.717, 1.165) is 47.4 Å². The van der Waals surface area contributed by atoms with Gasteiger partial charge in [-0.3, -0.25) is 4.79 Å². The number of nitrogens with zero attached hydrogens (tertiary/aromatic N) is 3. The van der Waals surface area contributed by atoms with Gasteiger partial charge in [0, 0.05) is 13.5 Å². The first kappa shape index (κ1) is 24.7. The van der Waals surface area contributed by atoms with Crippen LogP contribution in [0.5, 0.6) is 0 Å². The maximum atomic E-state index is 14.0. The average molecular weight is 470 g/mol. The van der Waals surface area contributed by atoms with Gasteiger partial charge in [0.1, 0.15) is 12.4 Å². The average Bonchev–Trinajstić information content (AvgIpc) is 3.22. The summed E-state index contributed by atoms with van der Waals surface area (Å²) in [6.07, 6.45) is 2.50. The zero-order valence-corrected chi connectivity index (χ0v) is 21.2. The third-order valence-electron chi connectivity index (χ3n) is 6.57. The van der Waals surface area contributed by atoms with Crippen molar-refractivity contribution in [2.75, 3.05) is 18.6 Å². The predicted molar refractivity (Wildman–Crippen MR) is 143 cm³/mol. The highest BCUT2D eigenvalue weighted by molar-refractivity contribution is 5.96. The Labute approximate surface area is 208 Å². The van der Waals surface area contributed by atoms with Crippen molar-refractivity contribution in [2.24, 2.45) is 0 Å². The Morgan fingerprint density at radius 1 is 1.00 bits per heavy atom. The number of carbonyl (C=O) groups is 1. The van der Waals surface area contributed by atoms with Crippen molar-refractivity contribution in [3.8, 4) is 0 Å². The highest BCUT2D eigenvalue weighted by Crippen LogP contribution is 2.29. The first-order valence-electron chi connectivity index (χ1n) is 12.4. The molecule has 5 nitrogen and oxygen atoms in total. The minimum Gasteiger partial charge on any atom is -0.383 e. The van der Waals surface area contributed by atoms with E-state index in [1.807, 2.05) is 29.2 Å². The second-order valence-corrected chi connectivity index (χ2v) is 9.09. The van der Waals surface area contributed by atoms with E-state index in [1.165, 1.54) is 11.1 Å². The van der Waals surface area contributed by atoms with Crippen molar-refractivity contribution in [1.82, 2.24) is 9.55 Å². The number of ether oxygens (including phenoxy) is 1. The van der Waals surface area contributed by atoms with Gasteiger partial charge in [-0.15, -0.1) is 0 Å². The molecule has 0 radical (unpaired) electrons. The third-order valence-corrected chi connectivity index (χ3v) is 6.57. The molecule has 4 aromatic rings. The summed E-state index contributed by atoms with van der Waals surface area (Å²) >= 11 is 0. The van der Waals surface area contributed by atoms with E-state index in [9.17, 15) is 4.79 Å². The number of fused-ring (bicyclic) bond motifs is 1. The summed E-state index contributed by atoms with van der Waals surface area (Å²) in [5.41, 5.74) is 6.44. The smallest absolute Gasteiger partial charge is 0.247 e. The lowest BCUT2D eigenvalue weighted by atomic mass is 10.0. The molecule has 0 unspecified atom stereocenters. The molecule has 0 aliphatic heterocycles. The quantitative estimate of drug-likeness (QED) is 0.297. The van der Waals surface area contributed by atoms with E-state index in [2.05, 4.69) is 73.9 Å². The topological polar surface area (TPSA) is 47.4 Å². The van der Waals surface area contributed by atoms with Crippen molar-refractivity contribution in [1.29, 1.82) is 0 Å². The van der Waals surface area contributed by atoms with Crippen LogP contribution in [0.15, 0.2) is 72.8 Å². The first-order chi connectivity index (χ1) is 17.0. The standard InChI is InChI=1S/C30H35N3O2/c1-5-25-15-11-12-22(2)30(25)33(23(3)21-35-4)29(34)20-32-27-17-10-9-16-26(27)31-28(32)19-18-24-13-7-6-8-14-24/h6-17,23H,5,18-21H2,1-4H3/t23-/m0/s1. The summed E-state index contributed by atoms with van der Waals surface area (Å²) in [6, 6.07) is 24.6. The van der Waals surface area contributed by atoms with Crippen molar-refractivity contribution < 1.29 is 9.53 Å². The number of benzene rings is 3. The lowest BCUT2D eigenvalue weighted by Gasteiger charge is -2.32. The summed E-state index contributed by atoms with van der Waals surface area (Å²) in [6.45, 7) is 6.96. The Morgan fingerprint density at radius 2 is 1.74 bits per heavy atom. The molecule has 0 N–H and O–H groups in total. The minimum atomic E-state index is -0.0959. The molecule has 1 amide bonds. The van der Waals surface area contributed by atoms with Crippen LogP contribution in [-0.2, 0) is 35.3 Å². The maximum absolute atomic E-state index is 14.0. The number of hydrogen-bond donors (Lipinski definition) is 0. The van der Waals surface area contributed by atoms with Gasteiger partial charge in [-0.1, -0.05) is 67.6 Å². The van der Waals surface area contributed by atoms with Crippen molar-refractivity contribution in [3.05, 3.63) is 95.3 Å². The SMILES string of the molecule is CCc1cccc(C)c1N(C(=O)Cn1c(CCc2ccccc2)nc2ccccc21)[C@@H](C)COC. The molecule has 182 valence electrons. The van der Waals surface area contributed by atoms with Crippen LogP contribution in [0, 0.1) is 6.92 Å². The van der Waals surface area contributed by atoms with Gasteiger partial charge in [-0.05, 0) is 55.5 Å². The van der Waals surface area contributed by atoms with Gasteiger partial charge in [0.25, 0.3) is 0 Å². The summed E-state index contributed by atoms with van der Waals surface area (Å²) < 4.78 is 7.57. The fourth-order valence-corrected chi connectivity index (χ4v) is 4.86.